The molecule has 0 aliphatic carbocycles. The fourth-order valence-corrected chi connectivity index (χ4v) is 1.54. The molecule has 0 rings (SSSR count). The third-order valence-electron chi connectivity index (χ3n) is 2.93. The van der Waals surface area contributed by atoms with Gasteiger partial charge in [0.05, 0.1) is 0 Å². The van der Waals surface area contributed by atoms with Crippen LogP contribution < -0.4 is 5.73 Å². The number of hydrogen-bond acceptors (Lipinski definition) is 2. The monoisotopic (exact) mass is 215 g/mol. The summed E-state index contributed by atoms with van der Waals surface area (Å²) in [6.45, 7) is 7.12. The fourth-order valence-electron chi connectivity index (χ4n) is 1.54. The molecule has 0 spiro atoms. The van der Waals surface area contributed by atoms with Crippen molar-refractivity contribution in [3.8, 4) is 0 Å². The van der Waals surface area contributed by atoms with E-state index in [0.29, 0.717) is 0 Å². The van der Waals surface area contributed by atoms with Gasteiger partial charge in [-0.05, 0) is 25.3 Å². The van der Waals surface area contributed by atoms with Gasteiger partial charge in [0.1, 0.15) is 0 Å². The van der Waals surface area contributed by atoms with Crippen LogP contribution in [0.2, 0.25) is 0 Å². The van der Waals surface area contributed by atoms with Crippen LogP contribution in [0.4, 0.5) is 0 Å². The topological polar surface area (TPSA) is 35.2 Å². The molecule has 0 aromatic carbocycles. The van der Waals surface area contributed by atoms with Crippen molar-refractivity contribution in [1.29, 1.82) is 0 Å². The highest BCUT2D eigenvalue weighted by atomic mass is 16.5. The zero-order valence-electron chi connectivity index (χ0n) is 10.6. The van der Waals surface area contributed by atoms with Gasteiger partial charge in [0.2, 0.25) is 0 Å². The van der Waals surface area contributed by atoms with Gasteiger partial charge in [-0.1, -0.05) is 46.0 Å². The molecule has 0 bridgehead atoms. The molecule has 1 atom stereocenters. The summed E-state index contributed by atoms with van der Waals surface area (Å²) in [7, 11) is 0. The summed E-state index contributed by atoms with van der Waals surface area (Å²) in [5.74, 6) is 0.908. The standard InChI is InChI=1S/C13H29NO/c1-3-13(2)9-6-4-5-7-11-15-12-8-10-14/h13H,3-12,14H2,1-2H3. The van der Waals surface area contributed by atoms with Gasteiger partial charge in [-0.3, -0.25) is 0 Å². The maximum Gasteiger partial charge on any atom is 0.0478 e. The molecule has 1 unspecified atom stereocenters. The first kappa shape index (κ1) is 14.9. The van der Waals surface area contributed by atoms with Crippen molar-refractivity contribution >= 4 is 0 Å². The molecule has 0 radical (unpaired) electrons. The second kappa shape index (κ2) is 12.0. The lowest BCUT2D eigenvalue weighted by Gasteiger charge is -2.07. The molecule has 0 saturated heterocycles. The Bertz CT molecular complexity index is 117. The van der Waals surface area contributed by atoms with E-state index in [4.69, 9.17) is 10.5 Å². The van der Waals surface area contributed by atoms with Crippen molar-refractivity contribution in [2.24, 2.45) is 11.7 Å². The summed E-state index contributed by atoms with van der Waals surface area (Å²) in [6, 6.07) is 0. The van der Waals surface area contributed by atoms with Crippen LogP contribution in [0.15, 0.2) is 0 Å². The van der Waals surface area contributed by atoms with Gasteiger partial charge in [0, 0.05) is 13.2 Å². The third-order valence-corrected chi connectivity index (χ3v) is 2.93. The molecular weight excluding hydrogens is 186 g/mol. The van der Waals surface area contributed by atoms with Gasteiger partial charge in [-0.15, -0.1) is 0 Å². The van der Waals surface area contributed by atoms with Crippen LogP contribution in [0, 0.1) is 5.92 Å². The first-order valence-electron chi connectivity index (χ1n) is 6.59. The normalized spacial score (nSPS) is 13.0. The SMILES string of the molecule is CCC(C)CCCCCCOCCCN. The van der Waals surface area contributed by atoms with Crippen molar-refractivity contribution in [2.45, 2.75) is 58.8 Å². The maximum atomic E-state index is 5.44. The predicted molar refractivity (Wildman–Crippen MR) is 67.0 cm³/mol. The Kier molecular flexibility index (Phi) is 11.9. The minimum absolute atomic E-state index is 0.745. The van der Waals surface area contributed by atoms with Gasteiger partial charge in [-0.2, -0.15) is 0 Å². The summed E-state index contributed by atoms with van der Waals surface area (Å²) in [5, 5.41) is 0. The van der Waals surface area contributed by atoms with Crippen LogP contribution in [0.1, 0.15) is 58.8 Å². The van der Waals surface area contributed by atoms with Gasteiger partial charge in [0.15, 0.2) is 0 Å². The summed E-state index contributed by atoms with van der Waals surface area (Å²) in [5.41, 5.74) is 5.37. The minimum Gasteiger partial charge on any atom is -0.381 e. The molecule has 2 heteroatoms. The van der Waals surface area contributed by atoms with Gasteiger partial charge in [-0.25, -0.2) is 0 Å². The third kappa shape index (κ3) is 11.8. The molecule has 0 heterocycles. The van der Waals surface area contributed by atoms with Crippen LogP contribution in [0.25, 0.3) is 0 Å². The Hall–Kier alpha value is -0.0800. The van der Waals surface area contributed by atoms with E-state index in [-0.39, 0.29) is 0 Å². The molecule has 2 N–H and O–H groups in total. The van der Waals surface area contributed by atoms with E-state index >= 15 is 0 Å². The van der Waals surface area contributed by atoms with Crippen LogP contribution in [-0.2, 0) is 4.74 Å². The lowest BCUT2D eigenvalue weighted by molar-refractivity contribution is 0.129. The first-order valence-corrected chi connectivity index (χ1v) is 6.59. The molecule has 0 aliphatic rings. The molecule has 0 fully saturated rings. The smallest absolute Gasteiger partial charge is 0.0478 e. The number of hydrogen-bond donors (Lipinski definition) is 1. The Morgan fingerprint density at radius 3 is 2.33 bits per heavy atom. The molecular formula is C13H29NO. The van der Waals surface area contributed by atoms with Gasteiger partial charge >= 0.3 is 0 Å². The second-order valence-electron chi connectivity index (χ2n) is 4.47. The summed E-state index contributed by atoms with van der Waals surface area (Å²) >= 11 is 0. The summed E-state index contributed by atoms with van der Waals surface area (Å²) in [6.07, 6.45) is 8.99. The zero-order valence-corrected chi connectivity index (χ0v) is 10.6. The predicted octanol–water partition coefficient (Wildman–Crippen LogP) is 3.35. The number of rotatable bonds is 11. The molecule has 2 nitrogen and oxygen atoms in total. The van der Waals surface area contributed by atoms with E-state index in [2.05, 4.69) is 13.8 Å². The highest BCUT2D eigenvalue weighted by Gasteiger charge is 1.97. The van der Waals surface area contributed by atoms with Crippen molar-refractivity contribution < 1.29 is 4.74 Å². The van der Waals surface area contributed by atoms with E-state index in [1.807, 2.05) is 0 Å². The average Bonchev–Trinajstić information content (AvgIpc) is 2.26. The highest BCUT2D eigenvalue weighted by molar-refractivity contribution is 4.51. The minimum atomic E-state index is 0.745. The average molecular weight is 215 g/mol. The van der Waals surface area contributed by atoms with Crippen LogP contribution >= 0.6 is 0 Å². The Labute approximate surface area is 95.6 Å². The zero-order chi connectivity index (χ0) is 11.4. The van der Waals surface area contributed by atoms with E-state index < -0.39 is 0 Å². The lowest BCUT2D eigenvalue weighted by atomic mass is 10.0. The first-order chi connectivity index (χ1) is 7.31. The number of ether oxygens (including phenoxy) is 1. The number of nitrogens with two attached hydrogens (primary N) is 1. The molecule has 0 aliphatic heterocycles. The molecule has 0 aromatic rings. The van der Waals surface area contributed by atoms with Crippen molar-refractivity contribution in [2.75, 3.05) is 19.8 Å². The van der Waals surface area contributed by atoms with E-state index in [1.54, 1.807) is 0 Å². The Morgan fingerprint density at radius 2 is 1.67 bits per heavy atom. The van der Waals surface area contributed by atoms with Crippen molar-refractivity contribution in [3.05, 3.63) is 0 Å². The Balaban J connectivity index is 2.92. The van der Waals surface area contributed by atoms with Crippen LogP contribution in [-0.4, -0.2) is 19.8 Å². The summed E-state index contributed by atoms with van der Waals surface area (Å²) in [4.78, 5) is 0. The van der Waals surface area contributed by atoms with Crippen molar-refractivity contribution in [3.63, 3.8) is 0 Å². The maximum absolute atomic E-state index is 5.44. The lowest BCUT2D eigenvalue weighted by Crippen LogP contribution is -2.05. The highest BCUT2D eigenvalue weighted by Crippen LogP contribution is 2.12. The molecule has 15 heavy (non-hydrogen) atoms. The van der Waals surface area contributed by atoms with Crippen LogP contribution in [0.3, 0.4) is 0 Å². The van der Waals surface area contributed by atoms with Crippen molar-refractivity contribution in [1.82, 2.24) is 0 Å². The number of unbranched alkanes of at least 4 members (excludes halogenated alkanes) is 3. The summed E-state index contributed by atoms with van der Waals surface area (Å²) < 4.78 is 5.44. The van der Waals surface area contributed by atoms with Gasteiger partial charge < -0.3 is 10.5 Å². The quantitative estimate of drug-likeness (QED) is 0.536. The van der Waals surface area contributed by atoms with Gasteiger partial charge in [0.25, 0.3) is 0 Å². The van der Waals surface area contributed by atoms with Crippen LogP contribution in [0.5, 0.6) is 0 Å². The van der Waals surface area contributed by atoms with E-state index in [9.17, 15) is 0 Å². The Morgan fingerprint density at radius 1 is 1.00 bits per heavy atom. The molecule has 0 saturated carbocycles. The largest absolute Gasteiger partial charge is 0.381 e. The second-order valence-corrected chi connectivity index (χ2v) is 4.47. The molecule has 0 amide bonds. The van der Waals surface area contributed by atoms with E-state index in [0.717, 1.165) is 32.1 Å². The van der Waals surface area contributed by atoms with E-state index in [1.165, 1.54) is 38.5 Å². The fraction of sp³-hybridized carbons (Fsp3) is 1.00. The molecule has 92 valence electrons. The molecule has 0 aromatic heterocycles.